The molecule has 1 aliphatic heterocycles. The van der Waals surface area contributed by atoms with Gasteiger partial charge in [0.15, 0.2) is 0 Å². The van der Waals surface area contributed by atoms with Crippen molar-refractivity contribution in [1.29, 1.82) is 0 Å². The molecule has 0 radical (unpaired) electrons. The van der Waals surface area contributed by atoms with E-state index in [0.29, 0.717) is 33.0 Å². The molecule has 1 aliphatic rings. The number of rotatable bonds is 15. The normalized spacial score (nSPS) is 17.5. The minimum absolute atomic E-state index is 0.0679. The largest absolute Gasteiger partial charge is 0.382 e. The Hall–Kier alpha value is -0.320. The Morgan fingerprint density at radius 1 is 0.870 bits per heavy atom. The molecule has 0 aromatic rings. The van der Waals surface area contributed by atoms with Crippen LogP contribution in [0.2, 0.25) is 0 Å². The molecule has 0 saturated carbocycles. The molecule has 1 saturated heterocycles. The summed E-state index contributed by atoms with van der Waals surface area (Å²) in [6.07, 6.45) is -0.0679. The molecule has 1 rings (SSSR count). The fourth-order valence-corrected chi connectivity index (χ4v) is 2.01. The fraction of sp³-hybridized carbons (Fsp3) is 1.00. The molecule has 0 amide bonds. The molecular formula is C15H31NO7. The maximum absolute atomic E-state index is 5.75. The van der Waals surface area contributed by atoms with E-state index in [1.165, 1.54) is 0 Å². The Morgan fingerprint density at radius 3 is 2.17 bits per heavy atom. The molecule has 0 aliphatic carbocycles. The maximum Gasteiger partial charge on any atom is 0.147 e. The van der Waals surface area contributed by atoms with Crippen molar-refractivity contribution in [2.24, 2.45) is 0 Å². The summed E-state index contributed by atoms with van der Waals surface area (Å²) >= 11 is 0. The number of morpholine rings is 1. The van der Waals surface area contributed by atoms with E-state index in [0.717, 1.165) is 32.8 Å². The van der Waals surface area contributed by atoms with Crippen LogP contribution in [-0.2, 0) is 33.2 Å². The highest BCUT2D eigenvalue weighted by molar-refractivity contribution is 4.68. The summed E-state index contributed by atoms with van der Waals surface area (Å²) in [5.41, 5.74) is 0. The first-order valence-electron chi connectivity index (χ1n) is 7.99. The molecule has 1 fully saturated rings. The molecule has 23 heavy (non-hydrogen) atoms. The van der Waals surface area contributed by atoms with Gasteiger partial charge < -0.3 is 33.2 Å². The molecule has 1 heterocycles. The van der Waals surface area contributed by atoms with E-state index in [9.17, 15) is 0 Å². The Labute approximate surface area is 138 Å². The molecule has 8 heteroatoms. The van der Waals surface area contributed by atoms with Crippen molar-refractivity contribution in [3.8, 4) is 0 Å². The Kier molecular flexibility index (Phi) is 13.7. The van der Waals surface area contributed by atoms with Crippen molar-refractivity contribution >= 4 is 0 Å². The lowest BCUT2D eigenvalue weighted by Gasteiger charge is -2.30. The van der Waals surface area contributed by atoms with Crippen LogP contribution in [0.3, 0.4) is 0 Å². The SMILES string of the molecule is COCCOCOCC(CN1CCOCC1)OCOCCOC. The molecule has 0 aromatic carbocycles. The summed E-state index contributed by atoms with van der Waals surface area (Å²) in [7, 11) is 3.28. The average Bonchev–Trinajstić information content (AvgIpc) is 2.58. The minimum atomic E-state index is -0.0679. The number of ether oxygens (including phenoxy) is 7. The van der Waals surface area contributed by atoms with Crippen molar-refractivity contribution in [3.05, 3.63) is 0 Å². The van der Waals surface area contributed by atoms with Crippen LogP contribution >= 0.6 is 0 Å². The van der Waals surface area contributed by atoms with Gasteiger partial charge >= 0.3 is 0 Å². The van der Waals surface area contributed by atoms with Gasteiger partial charge in [0.05, 0.1) is 52.4 Å². The second-order valence-corrected chi connectivity index (χ2v) is 5.11. The monoisotopic (exact) mass is 337 g/mol. The lowest BCUT2D eigenvalue weighted by molar-refractivity contribution is -0.146. The quantitative estimate of drug-likeness (QED) is 0.305. The van der Waals surface area contributed by atoms with Crippen LogP contribution in [0.4, 0.5) is 0 Å². The molecule has 0 bridgehead atoms. The van der Waals surface area contributed by atoms with Gasteiger partial charge in [0.1, 0.15) is 13.6 Å². The van der Waals surface area contributed by atoms with Gasteiger partial charge in [-0.15, -0.1) is 0 Å². The Balaban J connectivity index is 2.17. The lowest BCUT2D eigenvalue weighted by Crippen LogP contribution is -2.43. The summed E-state index contributed by atoms with van der Waals surface area (Å²) in [6.45, 7) is 7.20. The van der Waals surface area contributed by atoms with Crippen LogP contribution in [0.5, 0.6) is 0 Å². The van der Waals surface area contributed by atoms with E-state index in [-0.39, 0.29) is 19.7 Å². The van der Waals surface area contributed by atoms with Crippen molar-refractivity contribution in [1.82, 2.24) is 4.90 Å². The zero-order valence-electron chi connectivity index (χ0n) is 14.4. The first-order valence-corrected chi connectivity index (χ1v) is 7.99. The molecule has 0 N–H and O–H groups in total. The number of hydrogen-bond acceptors (Lipinski definition) is 8. The van der Waals surface area contributed by atoms with Crippen LogP contribution in [-0.4, -0.2) is 105 Å². The van der Waals surface area contributed by atoms with E-state index >= 15 is 0 Å². The van der Waals surface area contributed by atoms with E-state index in [4.69, 9.17) is 33.2 Å². The predicted molar refractivity (Wildman–Crippen MR) is 83.5 cm³/mol. The molecule has 0 spiro atoms. The number of nitrogens with zero attached hydrogens (tertiary/aromatic N) is 1. The summed E-state index contributed by atoms with van der Waals surface area (Å²) in [5.74, 6) is 0. The Bertz CT molecular complexity index is 252. The van der Waals surface area contributed by atoms with Gasteiger partial charge in [0.25, 0.3) is 0 Å². The van der Waals surface area contributed by atoms with Gasteiger partial charge in [-0.05, 0) is 0 Å². The van der Waals surface area contributed by atoms with Crippen LogP contribution in [0.1, 0.15) is 0 Å². The van der Waals surface area contributed by atoms with E-state index in [1.54, 1.807) is 14.2 Å². The smallest absolute Gasteiger partial charge is 0.147 e. The maximum atomic E-state index is 5.75. The second kappa shape index (κ2) is 15.2. The minimum Gasteiger partial charge on any atom is -0.382 e. The third kappa shape index (κ3) is 11.8. The number of hydrogen-bond donors (Lipinski definition) is 0. The van der Waals surface area contributed by atoms with Gasteiger partial charge in [0.2, 0.25) is 0 Å². The third-order valence-corrected chi connectivity index (χ3v) is 3.29. The third-order valence-electron chi connectivity index (χ3n) is 3.29. The van der Waals surface area contributed by atoms with Gasteiger partial charge in [0, 0.05) is 33.9 Å². The molecule has 0 aromatic heterocycles. The molecule has 138 valence electrons. The molecule has 1 atom stereocenters. The number of methoxy groups -OCH3 is 2. The molecular weight excluding hydrogens is 306 g/mol. The van der Waals surface area contributed by atoms with Crippen molar-refractivity contribution in [2.75, 3.05) is 93.7 Å². The van der Waals surface area contributed by atoms with Gasteiger partial charge in [-0.3, -0.25) is 4.90 Å². The Morgan fingerprint density at radius 2 is 1.52 bits per heavy atom. The topological polar surface area (TPSA) is 67.9 Å². The molecule has 1 unspecified atom stereocenters. The van der Waals surface area contributed by atoms with Crippen LogP contribution in [0.25, 0.3) is 0 Å². The first-order chi connectivity index (χ1) is 11.4. The average molecular weight is 337 g/mol. The van der Waals surface area contributed by atoms with Gasteiger partial charge in [-0.25, -0.2) is 0 Å². The summed E-state index contributed by atoms with van der Waals surface area (Å²) in [4.78, 5) is 2.30. The highest BCUT2D eigenvalue weighted by atomic mass is 16.7. The highest BCUT2D eigenvalue weighted by Crippen LogP contribution is 2.03. The van der Waals surface area contributed by atoms with Crippen LogP contribution in [0, 0.1) is 0 Å². The summed E-state index contributed by atoms with van der Waals surface area (Å²) in [6, 6.07) is 0. The van der Waals surface area contributed by atoms with Crippen LogP contribution < -0.4 is 0 Å². The van der Waals surface area contributed by atoms with E-state index < -0.39 is 0 Å². The predicted octanol–water partition coefficient (Wildman–Crippen LogP) is -0.0386. The van der Waals surface area contributed by atoms with Crippen molar-refractivity contribution in [3.63, 3.8) is 0 Å². The first kappa shape index (κ1) is 20.7. The summed E-state index contributed by atoms with van der Waals surface area (Å²) < 4.78 is 37.1. The highest BCUT2D eigenvalue weighted by Gasteiger charge is 2.17. The summed E-state index contributed by atoms with van der Waals surface area (Å²) in [5, 5.41) is 0. The van der Waals surface area contributed by atoms with Crippen molar-refractivity contribution < 1.29 is 33.2 Å². The lowest BCUT2D eigenvalue weighted by atomic mass is 10.3. The zero-order valence-corrected chi connectivity index (χ0v) is 14.4. The van der Waals surface area contributed by atoms with Crippen molar-refractivity contribution in [2.45, 2.75) is 6.10 Å². The van der Waals surface area contributed by atoms with E-state index in [1.807, 2.05) is 0 Å². The molecule has 8 nitrogen and oxygen atoms in total. The second-order valence-electron chi connectivity index (χ2n) is 5.11. The van der Waals surface area contributed by atoms with Gasteiger partial charge in [-0.1, -0.05) is 0 Å². The standard InChI is InChI=1S/C15H31NO7/c1-17-7-9-20-13-22-12-15(23-14-21-10-8-18-2)11-16-3-5-19-6-4-16/h15H,3-14H2,1-2H3. The fourth-order valence-electron chi connectivity index (χ4n) is 2.01. The van der Waals surface area contributed by atoms with Crippen LogP contribution in [0.15, 0.2) is 0 Å². The zero-order chi connectivity index (χ0) is 16.6. The van der Waals surface area contributed by atoms with Gasteiger partial charge in [-0.2, -0.15) is 0 Å². The van der Waals surface area contributed by atoms with E-state index in [2.05, 4.69) is 4.90 Å².